The Bertz CT molecular complexity index is 510. The van der Waals surface area contributed by atoms with Gasteiger partial charge in [-0.2, -0.15) is 0 Å². The number of phenolic OH excluding ortho intramolecular Hbond substituents is 1. The van der Waals surface area contributed by atoms with Crippen LogP contribution in [0.25, 0.3) is 6.08 Å². The molecule has 1 aliphatic heterocycles. The summed E-state index contributed by atoms with van der Waals surface area (Å²) in [6.07, 6.45) is 2.67. The smallest absolute Gasteiger partial charge is 0.247 e. The Kier molecular flexibility index (Phi) is 3.16. The number of carbonyl (C=O) groups is 1. The fraction of sp³-hybridized carbons (Fsp3) is 0.400. The molecule has 3 nitrogen and oxygen atoms in total. The molecule has 1 amide bonds. The van der Waals surface area contributed by atoms with Crippen LogP contribution in [0, 0.1) is 0 Å². The SMILES string of the molecule is CC(C)(C)c1cc(C=C2CCNC2=O)ccc1O. The highest BCUT2D eigenvalue weighted by atomic mass is 16.3. The first-order valence-corrected chi connectivity index (χ1v) is 6.20. The van der Waals surface area contributed by atoms with Crippen LogP contribution < -0.4 is 5.32 Å². The number of aromatic hydroxyl groups is 1. The minimum absolute atomic E-state index is 0.0142. The van der Waals surface area contributed by atoms with Gasteiger partial charge in [0.05, 0.1) is 0 Å². The fourth-order valence-corrected chi connectivity index (χ4v) is 2.12. The number of rotatable bonds is 1. The fourth-order valence-electron chi connectivity index (χ4n) is 2.12. The summed E-state index contributed by atoms with van der Waals surface area (Å²) in [5.41, 5.74) is 2.55. The van der Waals surface area contributed by atoms with E-state index >= 15 is 0 Å². The van der Waals surface area contributed by atoms with Crippen molar-refractivity contribution in [2.75, 3.05) is 6.54 Å². The van der Waals surface area contributed by atoms with Gasteiger partial charge in [0.1, 0.15) is 5.75 Å². The van der Waals surface area contributed by atoms with Crippen LogP contribution >= 0.6 is 0 Å². The summed E-state index contributed by atoms with van der Waals surface area (Å²) in [5, 5.41) is 12.7. The molecule has 0 saturated carbocycles. The Labute approximate surface area is 108 Å². The van der Waals surface area contributed by atoms with E-state index in [4.69, 9.17) is 0 Å². The Morgan fingerprint density at radius 2 is 2.06 bits per heavy atom. The summed E-state index contributed by atoms with van der Waals surface area (Å²) in [7, 11) is 0. The van der Waals surface area contributed by atoms with Crippen LogP contribution in [0.4, 0.5) is 0 Å². The number of hydrogen-bond acceptors (Lipinski definition) is 2. The minimum Gasteiger partial charge on any atom is -0.508 e. The Morgan fingerprint density at radius 3 is 2.61 bits per heavy atom. The number of phenols is 1. The topological polar surface area (TPSA) is 49.3 Å². The molecule has 0 atom stereocenters. The van der Waals surface area contributed by atoms with E-state index in [1.807, 2.05) is 18.2 Å². The molecule has 1 aromatic carbocycles. The zero-order chi connectivity index (χ0) is 13.3. The van der Waals surface area contributed by atoms with Gasteiger partial charge in [-0.3, -0.25) is 4.79 Å². The maximum atomic E-state index is 11.5. The Hall–Kier alpha value is -1.77. The minimum atomic E-state index is -0.115. The van der Waals surface area contributed by atoms with Crippen molar-refractivity contribution in [1.82, 2.24) is 5.32 Å². The quantitative estimate of drug-likeness (QED) is 0.747. The van der Waals surface area contributed by atoms with E-state index in [0.29, 0.717) is 5.75 Å². The molecule has 0 aromatic heterocycles. The number of benzene rings is 1. The molecule has 2 rings (SSSR count). The third-order valence-corrected chi connectivity index (χ3v) is 3.14. The second-order valence-corrected chi connectivity index (χ2v) is 5.70. The highest BCUT2D eigenvalue weighted by Gasteiger charge is 2.19. The van der Waals surface area contributed by atoms with Crippen LogP contribution in [0.1, 0.15) is 38.3 Å². The van der Waals surface area contributed by atoms with Crippen molar-refractivity contribution in [1.29, 1.82) is 0 Å². The standard InChI is InChI=1S/C15H19NO2/c1-15(2,3)12-9-10(4-5-13(12)17)8-11-6-7-16-14(11)18/h4-5,8-9,17H,6-7H2,1-3H3,(H,16,18). The van der Waals surface area contributed by atoms with E-state index in [-0.39, 0.29) is 11.3 Å². The molecule has 96 valence electrons. The van der Waals surface area contributed by atoms with E-state index in [1.165, 1.54) is 0 Å². The van der Waals surface area contributed by atoms with Gasteiger partial charge in [0.25, 0.3) is 0 Å². The number of carbonyl (C=O) groups excluding carboxylic acids is 1. The van der Waals surface area contributed by atoms with E-state index in [2.05, 4.69) is 26.1 Å². The molecule has 1 saturated heterocycles. The van der Waals surface area contributed by atoms with E-state index in [9.17, 15) is 9.90 Å². The normalized spacial score (nSPS) is 18.2. The van der Waals surface area contributed by atoms with Crippen molar-refractivity contribution in [2.24, 2.45) is 0 Å². The third kappa shape index (κ3) is 2.55. The first kappa shape index (κ1) is 12.7. The maximum absolute atomic E-state index is 11.5. The molecule has 3 heteroatoms. The van der Waals surface area contributed by atoms with E-state index < -0.39 is 0 Å². The Morgan fingerprint density at radius 1 is 1.33 bits per heavy atom. The monoisotopic (exact) mass is 245 g/mol. The van der Waals surface area contributed by atoms with Gasteiger partial charge in [-0.25, -0.2) is 0 Å². The van der Waals surface area contributed by atoms with Crippen molar-refractivity contribution < 1.29 is 9.90 Å². The van der Waals surface area contributed by atoms with Crippen molar-refractivity contribution in [3.8, 4) is 5.75 Å². The van der Waals surface area contributed by atoms with Gasteiger partial charge < -0.3 is 10.4 Å². The predicted molar refractivity (Wildman–Crippen MR) is 72.4 cm³/mol. The Balaban J connectivity index is 2.39. The molecule has 2 N–H and O–H groups in total. The first-order chi connectivity index (χ1) is 8.38. The molecule has 18 heavy (non-hydrogen) atoms. The largest absolute Gasteiger partial charge is 0.508 e. The van der Waals surface area contributed by atoms with Gasteiger partial charge in [-0.05, 0) is 41.2 Å². The van der Waals surface area contributed by atoms with Crippen molar-refractivity contribution >= 4 is 12.0 Å². The molecular weight excluding hydrogens is 226 g/mol. The number of nitrogens with one attached hydrogen (secondary N) is 1. The van der Waals surface area contributed by atoms with E-state index in [0.717, 1.165) is 29.7 Å². The van der Waals surface area contributed by atoms with Gasteiger partial charge in [-0.1, -0.05) is 26.8 Å². The molecule has 1 aliphatic rings. The van der Waals surface area contributed by atoms with Gasteiger partial charge in [0.2, 0.25) is 5.91 Å². The van der Waals surface area contributed by atoms with Crippen molar-refractivity contribution in [3.05, 3.63) is 34.9 Å². The van der Waals surface area contributed by atoms with Crippen LogP contribution in [-0.4, -0.2) is 17.6 Å². The van der Waals surface area contributed by atoms with Gasteiger partial charge in [0.15, 0.2) is 0 Å². The van der Waals surface area contributed by atoms with Crippen molar-refractivity contribution in [2.45, 2.75) is 32.6 Å². The summed E-state index contributed by atoms with van der Waals surface area (Å²) >= 11 is 0. The first-order valence-electron chi connectivity index (χ1n) is 6.20. The summed E-state index contributed by atoms with van der Waals surface area (Å²) in [5.74, 6) is 0.320. The molecule has 0 unspecified atom stereocenters. The van der Waals surface area contributed by atoms with Gasteiger partial charge >= 0.3 is 0 Å². The summed E-state index contributed by atoms with van der Waals surface area (Å²) in [4.78, 5) is 11.5. The zero-order valence-corrected chi connectivity index (χ0v) is 11.1. The molecule has 0 radical (unpaired) electrons. The molecule has 0 bridgehead atoms. The average molecular weight is 245 g/mol. The molecule has 1 aromatic rings. The van der Waals surface area contributed by atoms with Crippen LogP contribution in [0.3, 0.4) is 0 Å². The lowest BCUT2D eigenvalue weighted by molar-refractivity contribution is -0.116. The van der Waals surface area contributed by atoms with Crippen molar-refractivity contribution in [3.63, 3.8) is 0 Å². The van der Waals surface area contributed by atoms with E-state index in [1.54, 1.807) is 6.07 Å². The molecule has 0 spiro atoms. The predicted octanol–water partition coefficient (Wildman–Crippen LogP) is 2.59. The molecule has 1 fully saturated rings. The summed E-state index contributed by atoms with van der Waals surface area (Å²) in [6.45, 7) is 6.89. The third-order valence-electron chi connectivity index (χ3n) is 3.14. The van der Waals surface area contributed by atoms with Crippen LogP contribution in [-0.2, 0) is 10.2 Å². The van der Waals surface area contributed by atoms with Crippen LogP contribution in [0.15, 0.2) is 23.8 Å². The molecule has 1 heterocycles. The van der Waals surface area contributed by atoms with Gasteiger partial charge in [0, 0.05) is 12.1 Å². The number of amides is 1. The average Bonchev–Trinajstić information content (AvgIpc) is 2.66. The highest BCUT2D eigenvalue weighted by Crippen LogP contribution is 2.31. The second kappa shape index (κ2) is 4.48. The van der Waals surface area contributed by atoms with Crippen LogP contribution in [0.5, 0.6) is 5.75 Å². The van der Waals surface area contributed by atoms with Gasteiger partial charge in [-0.15, -0.1) is 0 Å². The lowest BCUT2D eigenvalue weighted by Crippen LogP contribution is -2.14. The lowest BCUT2D eigenvalue weighted by atomic mass is 9.85. The number of hydrogen-bond donors (Lipinski definition) is 2. The second-order valence-electron chi connectivity index (χ2n) is 5.70. The maximum Gasteiger partial charge on any atom is 0.247 e. The zero-order valence-electron chi connectivity index (χ0n) is 11.1. The summed E-state index contributed by atoms with van der Waals surface area (Å²) < 4.78 is 0. The molecular formula is C15H19NO2. The van der Waals surface area contributed by atoms with Crippen LogP contribution in [0.2, 0.25) is 0 Å². The molecule has 0 aliphatic carbocycles. The highest BCUT2D eigenvalue weighted by molar-refractivity contribution is 5.99. The summed E-state index contributed by atoms with van der Waals surface area (Å²) in [6, 6.07) is 5.48. The lowest BCUT2D eigenvalue weighted by Gasteiger charge is -2.20.